The van der Waals surface area contributed by atoms with E-state index in [1.807, 2.05) is 24.3 Å². The zero-order chi connectivity index (χ0) is 19.1. The first-order valence-corrected chi connectivity index (χ1v) is 8.64. The molecule has 136 valence electrons. The average molecular weight is 381 g/mol. The van der Waals surface area contributed by atoms with Gasteiger partial charge in [-0.1, -0.05) is 23.7 Å². The number of hydrogen-bond acceptors (Lipinski definition) is 4. The van der Waals surface area contributed by atoms with Gasteiger partial charge in [-0.2, -0.15) is 0 Å². The summed E-state index contributed by atoms with van der Waals surface area (Å²) >= 11 is 5.85. The van der Waals surface area contributed by atoms with Crippen molar-refractivity contribution in [2.75, 3.05) is 0 Å². The van der Waals surface area contributed by atoms with Gasteiger partial charge in [-0.3, -0.25) is 19.6 Å². The predicted molar refractivity (Wildman–Crippen MR) is 102 cm³/mol. The van der Waals surface area contributed by atoms with Crippen LogP contribution in [0.5, 0.6) is 0 Å². The van der Waals surface area contributed by atoms with Crippen molar-refractivity contribution < 1.29 is 9.59 Å². The highest BCUT2D eigenvalue weighted by Gasteiger charge is 2.11. The second kappa shape index (κ2) is 8.91. The fraction of sp³-hybridized carbons (Fsp3) is 0.100. The van der Waals surface area contributed by atoms with Gasteiger partial charge in [-0.05, 0) is 41.5 Å². The minimum absolute atomic E-state index is 0.299. The lowest BCUT2D eigenvalue weighted by Crippen LogP contribution is -2.25. The number of amides is 2. The minimum Gasteiger partial charge on any atom is -0.348 e. The van der Waals surface area contributed by atoms with E-state index in [4.69, 9.17) is 11.6 Å². The Kier molecular flexibility index (Phi) is 6.12. The van der Waals surface area contributed by atoms with Gasteiger partial charge in [-0.15, -0.1) is 0 Å². The lowest BCUT2D eigenvalue weighted by Gasteiger charge is -2.08. The third-order valence-electron chi connectivity index (χ3n) is 3.83. The van der Waals surface area contributed by atoms with Crippen LogP contribution in [0.15, 0.2) is 67.3 Å². The molecule has 0 aliphatic heterocycles. The number of aromatic nitrogens is 2. The molecule has 6 nitrogen and oxygen atoms in total. The molecular weight excluding hydrogens is 364 g/mol. The van der Waals surface area contributed by atoms with Gasteiger partial charge in [0.2, 0.25) is 0 Å². The molecule has 0 atom stereocenters. The number of benzene rings is 1. The van der Waals surface area contributed by atoms with Crippen LogP contribution in [0.2, 0.25) is 5.02 Å². The van der Waals surface area contributed by atoms with Gasteiger partial charge in [-0.25, -0.2) is 0 Å². The van der Waals surface area contributed by atoms with E-state index < -0.39 is 0 Å². The first-order valence-electron chi connectivity index (χ1n) is 8.26. The highest BCUT2D eigenvalue weighted by Crippen LogP contribution is 2.10. The first kappa shape index (κ1) is 18.5. The molecule has 0 fully saturated rings. The molecule has 0 aliphatic carbocycles. The summed E-state index contributed by atoms with van der Waals surface area (Å²) < 4.78 is 0. The molecule has 27 heavy (non-hydrogen) atoms. The summed E-state index contributed by atoms with van der Waals surface area (Å²) in [7, 11) is 0. The molecule has 3 rings (SSSR count). The van der Waals surface area contributed by atoms with Crippen LogP contribution in [-0.2, 0) is 13.1 Å². The summed E-state index contributed by atoms with van der Waals surface area (Å²) in [5, 5.41) is 6.23. The third-order valence-corrected chi connectivity index (χ3v) is 4.08. The standard InChI is InChI=1S/C20H17ClN4O2/c21-18-3-1-14(2-4-18)10-24-19(26)16-9-17(13-23-12-16)20(27)25-11-15-5-7-22-8-6-15/h1-9,12-13H,10-11H2,(H,24,26)(H,25,27). The number of rotatable bonds is 6. The number of hydrogen-bond donors (Lipinski definition) is 2. The largest absolute Gasteiger partial charge is 0.348 e. The van der Waals surface area contributed by atoms with E-state index in [1.54, 1.807) is 24.5 Å². The maximum absolute atomic E-state index is 12.3. The Morgan fingerprint density at radius 3 is 1.85 bits per heavy atom. The van der Waals surface area contributed by atoms with Crippen molar-refractivity contribution in [3.05, 3.63) is 94.5 Å². The van der Waals surface area contributed by atoms with Crippen LogP contribution in [0, 0.1) is 0 Å². The molecule has 2 heterocycles. The highest BCUT2D eigenvalue weighted by molar-refractivity contribution is 6.30. The zero-order valence-electron chi connectivity index (χ0n) is 14.4. The van der Waals surface area contributed by atoms with Crippen molar-refractivity contribution in [1.82, 2.24) is 20.6 Å². The summed E-state index contributed by atoms with van der Waals surface area (Å²) in [6.07, 6.45) is 6.18. The molecule has 7 heteroatoms. The minimum atomic E-state index is -0.304. The summed E-state index contributed by atoms with van der Waals surface area (Å²) in [5.41, 5.74) is 2.50. The monoisotopic (exact) mass is 380 g/mol. The first-order chi connectivity index (χ1) is 13.1. The van der Waals surface area contributed by atoms with Gasteiger partial charge in [0.1, 0.15) is 0 Å². The van der Waals surface area contributed by atoms with Crippen molar-refractivity contribution in [3.8, 4) is 0 Å². The Morgan fingerprint density at radius 2 is 1.30 bits per heavy atom. The van der Waals surface area contributed by atoms with Gasteiger partial charge in [0.25, 0.3) is 11.8 Å². The summed E-state index contributed by atoms with van der Waals surface area (Å²) in [6.45, 7) is 0.725. The van der Waals surface area contributed by atoms with Crippen LogP contribution in [0.4, 0.5) is 0 Å². The van der Waals surface area contributed by atoms with Crippen LogP contribution in [-0.4, -0.2) is 21.8 Å². The van der Waals surface area contributed by atoms with Crippen LogP contribution in [0.25, 0.3) is 0 Å². The van der Waals surface area contributed by atoms with Gasteiger partial charge >= 0.3 is 0 Å². The Bertz CT molecular complexity index is 930. The van der Waals surface area contributed by atoms with Crippen molar-refractivity contribution in [2.45, 2.75) is 13.1 Å². The van der Waals surface area contributed by atoms with E-state index in [1.165, 1.54) is 18.5 Å². The van der Waals surface area contributed by atoms with Crippen LogP contribution in [0.1, 0.15) is 31.8 Å². The second-order valence-corrected chi connectivity index (χ2v) is 6.25. The molecule has 2 aromatic heterocycles. The fourth-order valence-electron chi connectivity index (χ4n) is 2.36. The van der Waals surface area contributed by atoms with Crippen molar-refractivity contribution in [2.24, 2.45) is 0 Å². The number of nitrogens with one attached hydrogen (secondary N) is 2. The molecule has 3 aromatic rings. The predicted octanol–water partition coefficient (Wildman–Crippen LogP) is 2.99. The zero-order valence-corrected chi connectivity index (χ0v) is 15.1. The number of carbonyl (C=O) groups is 2. The molecule has 0 saturated heterocycles. The van der Waals surface area contributed by atoms with E-state index in [0.29, 0.717) is 29.2 Å². The molecule has 0 radical (unpaired) electrons. The molecule has 0 saturated carbocycles. The Labute approximate surface area is 161 Å². The Morgan fingerprint density at radius 1 is 0.778 bits per heavy atom. The van der Waals surface area contributed by atoms with Gasteiger partial charge in [0.05, 0.1) is 11.1 Å². The molecule has 2 amide bonds. The number of pyridine rings is 2. The second-order valence-electron chi connectivity index (χ2n) is 5.81. The fourth-order valence-corrected chi connectivity index (χ4v) is 2.49. The van der Waals surface area contributed by atoms with Gasteiger partial charge < -0.3 is 10.6 Å². The Hall–Kier alpha value is -3.25. The highest BCUT2D eigenvalue weighted by atomic mass is 35.5. The molecular formula is C20H17ClN4O2. The maximum Gasteiger partial charge on any atom is 0.253 e. The van der Waals surface area contributed by atoms with Gasteiger partial charge in [0.15, 0.2) is 0 Å². The lowest BCUT2D eigenvalue weighted by molar-refractivity contribution is 0.0950. The van der Waals surface area contributed by atoms with E-state index in [0.717, 1.165) is 11.1 Å². The van der Waals surface area contributed by atoms with Crippen molar-refractivity contribution >= 4 is 23.4 Å². The molecule has 1 aromatic carbocycles. The van der Waals surface area contributed by atoms with E-state index >= 15 is 0 Å². The molecule has 0 aliphatic rings. The molecule has 0 bridgehead atoms. The van der Waals surface area contributed by atoms with Gasteiger partial charge in [0, 0.05) is 42.9 Å². The van der Waals surface area contributed by atoms with E-state index in [-0.39, 0.29) is 11.8 Å². The van der Waals surface area contributed by atoms with Crippen molar-refractivity contribution in [1.29, 1.82) is 0 Å². The lowest BCUT2D eigenvalue weighted by atomic mass is 10.1. The number of carbonyl (C=O) groups excluding carboxylic acids is 2. The normalized spacial score (nSPS) is 10.3. The van der Waals surface area contributed by atoms with Crippen LogP contribution >= 0.6 is 11.6 Å². The molecule has 0 spiro atoms. The number of halogens is 1. The van der Waals surface area contributed by atoms with Crippen LogP contribution in [0.3, 0.4) is 0 Å². The maximum atomic E-state index is 12.3. The summed E-state index contributed by atoms with van der Waals surface area (Å²) in [4.78, 5) is 32.5. The SMILES string of the molecule is O=C(NCc1ccncc1)c1cncc(C(=O)NCc2ccc(Cl)cc2)c1. The molecule has 0 unspecified atom stereocenters. The average Bonchev–Trinajstić information content (AvgIpc) is 2.72. The smallest absolute Gasteiger partial charge is 0.253 e. The third kappa shape index (κ3) is 5.36. The van der Waals surface area contributed by atoms with Crippen molar-refractivity contribution in [3.63, 3.8) is 0 Å². The van der Waals surface area contributed by atoms with E-state index in [2.05, 4.69) is 20.6 Å². The topological polar surface area (TPSA) is 84.0 Å². The van der Waals surface area contributed by atoms with E-state index in [9.17, 15) is 9.59 Å². The number of nitrogens with zero attached hydrogens (tertiary/aromatic N) is 2. The molecule has 2 N–H and O–H groups in total. The van der Waals surface area contributed by atoms with Crippen LogP contribution < -0.4 is 10.6 Å². The Balaban J connectivity index is 1.59. The summed E-state index contributed by atoms with van der Waals surface area (Å²) in [6, 6.07) is 12.4. The quantitative estimate of drug-likeness (QED) is 0.688. The summed E-state index contributed by atoms with van der Waals surface area (Å²) in [5.74, 6) is -0.604.